The molecule has 0 amide bonds. The Kier molecular flexibility index (Phi) is 14.8. The molecule has 0 unspecified atom stereocenters. The van der Waals surface area contributed by atoms with E-state index in [0.717, 1.165) is 0 Å². The fourth-order valence-corrected chi connectivity index (χ4v) is 0.403. The molecule has 0 fully saturated rings. The summed E-state index contributed by atoms with van der Waals surface area (Å²) in [5.74, 6) is 0. The Labute approximate surface area is 105 Å². The number of rotatable bonds is 5. The molecule has 0 aromatic heterocycles. The third kappa shape index (κ3) is 12.2. The van der Waals surface area contributed by atoms with E-state index in [0.29, 0.717) is 12.8 Å². The van der Waals surface area contributed by atoms with Crippen molar-refractivity contribution in [3.05, 3.63) is 0 Å². The standard InChI is InChI=1S/C4H11BO4.K.H/c6-3-1-2-4-9-5(7)8;;/h6-8H,1-4H2;;/q;+1;-1. The van der Waals surface area contributed by atoms with Gasteiger partial charge in [-0.15, -0.1) is 0 Å². The summed E-state index contributed by atoms with van der Waals surface area (Å²) >= 11 is 0. The average Bonchev–Trinajstić information content (AvgIpc) is 1.80. The van der Waals surface area contributed by atoms with E-state index < -0.39 is 7.32 Å². The van der Waals surface area contributed by atoms with Gasteiger partial charge in [-0.05, 0) is 12.8 Å². The van der Waals surface area contributed by atoms with Crippen molar-refractivity contribution in [2.24, 2.45) is 0 Å². The van der Waals surface area contributed by atoms with Crippen LogP contribution in [0.25, 0.3) is 0 Å². The number of aliphatic hydroxyl groups excluding tert-OH is 1. The maximum atomic E-state index is 8.25. The van der Waals surface area contributed by atoms with Gasteiger partial charge in [-0.3, -0.25) is 0 Å². The minimum Gasteiger partial charge on any atom is -1.00 e. The van der Waals surface area contributed by atoms with Gasteiger partial charge in [0.05, 0.1) is 0 Å². The molecule has 0 saturated heterocycles. The van der Waals surface area contributed by atoms with Crippen molar-refractivity contribution in [3.63, 3.8) is 0 Å². The molecule has 0 rings (SSSR count). The average molecular weight is 174 g/mol. The van der Waals surface area contributed by atoms with Crippen LogP contribution in [0.1, 0.15) is 14.3 Å². The summed E-state index contributed by atoms with van der Waals surface area (Å²) in [6.45, 7) is 0.392. The van der Waals surface area contributed by atoms with Gasteiger partial charge in [-0.1, -0.05) is 0 Å². The van der Waals surface area contributed by atoms with Gasteiger partial charge in [0, 0.05) is 13.2 Å². The van der Waals surface area contributed by atoms with Gasteiger partial charge < -0.3 is 21.2 Å². The Hall–Kier alpha value is 1.54. The zero-order valence-electron chi connectivity index (χ0n) is 7.16. The monoisotopic (exact) mass is 174 g/mol. The molecule has 3 N–H and O–H groups in total. The number of hydrogen-bond donors (Lipinski definition) is 3. The Bertz CT molecular complexity index is 68.1. The first kappa shape index (κ1) is 14.1. The van der Waals surface area contributed by atoms with Crippen molar-refractivity contribution in [1.29, 1.82) is 0 Å². The Balaban J connectivity index is -0.000000320. The quantitative estimate of drug-likeness (QED) is 0.292. The van der Waals surface area contributed by atoms with Crippen LogP contribution in [-0.4, -0.2) is 35.7 Å². The van der Waals surface area contributed by atoms with Gasteiger partial charge in [-0.25, -0.2) is 0 Å². The fourth-order valence-electron chi connectivity index (χ4n) is 0.403. The van der Waals surface area contributed by atoms with Crippen LogP contribution in [0.15, 0.2) is 0 Å². The molecule has 0 bridgehead atoms. The second kappa shape index (κ2) is 10.5. The molecule has 0 aromatic rings. The number of hydrogen-bond acceptors (Lipinski definition) is 4. The Morgan fingerprint density at radius 2 is 1.90 bits per heavy atom. The molecule has 0 aliphatic carbocycles. The molecule has 6 heteroatoms. The summed E-state index contributed by atoms with van der Waals surface area (Å²) in [4.78, 5) is 0. The van der Waals surface area contributed by atoms with E-state index in [1.807, 2.05) is 0 Å². The summed E-state index contributed by atoms with van der Waals surface area (Å²) in [5, 5.41) is 24.5. The zero-order chi connectivity index (χ0) is 7.11. The van der Waals surface area contributed by atoms with Crippen LogP contribution < -0.4 is 51.4 Å². The molecular weight excluding hydrogens is 162 g/mol. The summed E-state index contributed by atoms with van der Waals surface area (Å²) in [5.41, 5.74) is 0. The minimum atomic E-state index is -1.68. The normalized spacial score (nSPS) is 8.70. The van der Waals surface area contributed by atoms with E-state index in [4.69, 9.17) is 15.2 Å². The van der Waals surface area contributed by atoms with Gasteiger partial charge in [0.2, 0.25) is 0 Å². The molecule has 0 aliphatic heterocycles. The largest absolute Gasteiger partial charge is 1.00 e. The minimum absolute atomic E-state index is 0. The van der Waals surface area contributed by atoms with Crippen molar-refractivity contribution in [2.75, 3.05) is 13.2 Å². The van der Waals surface area contributed by atoms with Crippen LogP contribution in [0, 0.1) is 0 Å². The van der Waals surface area contributed by atoms with E-state index in [9.17, 15) is 0 Å². The molecule has 0 saturated carbocycles. The fraction of sp³-hybridized carbons (Fsp3) is 1.00. The number of unbranched alkanes of at least 4 members (excludes halogenated alkanes) is 1. The van der Waals surface area contributed by atoms with E-state index >= 15 is 0 Å². The summed E-state index contributed by atoms with van der Waals surface area (Å²) in [6, 6.07) is 0. The van der Waals surface area contributed by atoms with E-state index in [-0.39, 0.29) is 66.0 Å². The second-order valence-electron chi connectivity index (χ2n) is 1.63. The molecule has 10 heavy (non-hydrogen) atoms. The van der Waals surface area contributed by atoms with Gasteiger partial charge in [-0.2, -0.15) is 0 Å². The maximum absolute atomic E-state index is 8.25. The van der Waals surface area contributed by atoms with Crippen LogP contribution in [0.5, 0.6) is 0 Å². The molecule has 56 valence electrons. The van der Waals surface area contributed by atoms with Gasteiger partial charge in [0.25, 0.3) is 0 Å². The van der Waals surface area contributed by atoms with Crippen LogP contribution >= 0.6 is 0 Å². The first-order chi connectivity index (χ1) is 4.27. The zero-order valence-corrected chi connectivity index (χ0v) is 9.28. The first-order valence-corrected chi connectivity index (χ1v) is 2.86. The topological polar surface area (TPSA) is 69.9 Å². The summed E-state index contributed by atoms with van der Waals surface area (Å²) < 4.78 is 4.34. The predicted molar refractivity (Wildman–Crippen MR) is 33.6 cm³/mol. The van der Waals surface area contributed by atoms with Crippen molar-refractivity contribution >= 4 is 7.32 Å². The predicted octanol–water partition coefficient (Wildman–Crippen LogP) is -4.14. The number of aliphatic hydroxyl groups is 1. The van der Waals surface area contributed by atoms with E-state index in [2.05, 4.69) is 4.65 Å². The third-order valence-corrected chi connectivity index (χ3v) is 0.819. The SMILES string of the molecule is OCCCCOB(O)O.[H-].[K+]. The maximum Gasteiger partial charge on any atom is 1.00 e. The van der Waals surface area contributed by atoms with Crippen molar-refractivity contribution in [3.8, 4) is 0 Å². The van der Waals surface area contributed by atoms with Crippen LogP contribution in [0.4, 0.5) is 0 Å². The van der Waals surface area contributed by atoms with Crippen LogP contribution in [-0.2, 0) is 4.65 Å². The molecule has 0 spiro atoms. The smallest absolute Gasteiger partial charge is 1.00 e. The summed E-state index contributed by atoms with van der Waals surface area (Å²) in [7, 11) is -1.68. The van der Waals surface area contributed by atoms with Gasteiger partial charge in [0.15, 0.2) is 0 Å². The second-order valence-corrected chi connectivity index (χ2v) is 1.63. The Morgan fingerprint density at radius 1 is 1.30 bits per heavy atom. The molecule has 0 heterocycles. The van der Waals surface area contributed by atoms with Gasteiger partial charge >= 0.3 is 58.7 Å². The molecule has 0 aliphatic rings. The Morgan fingerprint density at radius 3 is 2.30 bits per heavy atom. The van der Waals surface area contributed by atoms with Crippen molar-refractivity contribution in [1.82, 2.24) is 0 Å². The van der Waals surface area contributed by atoms with E-state index in [1.54, 1.807) is 0 Å². The molecular formula is C4H12BKO4. The van der Waals surface area contributed by atoms with Crippen molar-refractivity contribution in [2.45, 2.75) is 12.8 Å². The van der Waals surface area contributed by atoms with Crippen LogP contribution in [0.2, 0.25) is 0 Å². The third-order valence-electron chi connectivity index (χ3n) is 0.819. The van der Waals surface area contributed by atoms with Crippen LogP contribution in [0.3, 0.4) is 0 Å². The van der Waals surface area contributed by atoms with Gasteiger partial charge in [0.1, 0.15) is 0 Å². The molecule has 0 aromatic carbocycles. The first-order valence-electron chi connectivity index (χ1n) is 2.86. The molecule has 4 nitrogen and oxygen atoms in total. The van der Waals surface area contributed by atoms with Crippen molar-refractivity contribution < 1.29 is 72.6 Å². The molecule has 0 atom stereocenters. The van der Waals surface area contributed by atoms with E-state index in [1.165, 1.54) is 0 Å². The summed E-state index contributed by atoms with van der Waals surface area (Å²) in [6.07, 6.45) is 1.28. The molecule has 0 radical (unpaired) electrons.